The Morgan fingerprint density at radius 3 is 2.08 bits per heavy atom. The third-order valence-corrected chi connectivity index (χ3v) is 6.54. The van der Waals surface area contributed by atoms with Crippen molar-refractivity contribution in [2.24, 2.45) is 5.92 Å². The first-order valence-electron chi connectivity index (χ1n) is 13.5. The van der Waals surface area contributed by atoms with Crippen molar-refractivity contribution in [3.63, 3.8) is 0 Å². The maximum Gasteiger partial charge on any atom is 0.408 e. The van der Waals surface area contributed by atoms with Gasteiger partial charge in [-0.05, 0) is 72.3 Å². The highest BCUT2D eigenvalue weighted by Gasteiger charge is 2.45. The molecule has 2 rings (SSSR count). The predicted octanol–water partition coefficient (Wildman–Crippen LogP) is 5.58. The summed E-state index contributed by atoms with van der Waals surface area (Å²) in [6.45, 7) is 17.4. The Labute approximate surface area is 217 Å². The fraction of sp³-hybridized carbons (Fsp3) is 0.690. The van der Waals surface area contributed by atoms with Gasteiger partial charge < -0.3 is 20.3 Å². The van der Waals surface area contributed by atoms with E-state index in [2.05, 4.69) is 23.6 Å². The monoisotopic (exact) mass is 501 g/mol. The largest absolute Gasteiger partial charge is 0.444 e. The van der Waals surface area contributed by atoms with Crippen LogP contribution in [0.2, 0.25) is 0 Å². The summed E-state index contributed by atoms with van der Waals surface area (Å²) in [7, 11) is 0. The van der Waals surface area contributed by atoms with Crippen molar-refractivity contribution in [3.05, 3.63) is 34.9 Å². The molecule has 4 unspecified atom stereocenters. The summed E-state index contributed by atoms with van der Waals surface area (Å²) in [5.74, 6) is -0.547. The van der Waals surface area contributed by atoms with E-state index in [1.54, 1.807) is 25.7 Å². The summed E-state index contributed by atoms with van der Waals surface area (Å²) < 4.78 is 5.47. The molecule has 0 bridgehead atoms. The minimum absolute atomic E-state index is 0.00249. The van der Waals surface area contributed by atoms with Crippen LogP contribution in [0.15, 0.2) is 18.2 Å². The molecule has 1 aromatic rings. The van der Waals surface area contributed by atoms with Crippen LogP contribution >= 0.6 is 0 Å². The van der Waals surface area contributed by atoms with E-state index in [9.17, 15) is 14.4 Å². The fourth-order valence-corrected chi connectivity index (χ4v) is 4.58. The summed E-state index contributed by atoms with van der Waals surface area (Å²) in [6.07, 6.45) is 3.56. The Morgan fingerprint density at radius 2 is 1.61 bits per heavy atom. The van der Waals surface area contributed by atoms with Gasteiger partial charge in [0.2, 0.25) is 11.8 Å². The average molecular weight is 502 g/mol. The maximum absolute atomic E-state index is 14.2. The molecule has 7 nitrogen and oxygen atoms in total. The van der Waals surface area contributed by atoms with Gasteiger partial charge in [0.1, 0.15) is 17.7 Å². The number of benzene rings is 1. The van der Waals surface area contributed by atoms with Crippen LogP contribution in [0.5, 0.6) is 0 Å². The molecular weight excluding hydrogens is 454 g/mol. The second-order valence-corrected chi connectivity index (χ2v) is 11.5. The molecule has 2 N–H and O–H groups in total. The average Bonchev–Trinajstić information content (AvgIpc) is 3.57. The summed E-state index contributed by atoms with van der Waals surface area (Å²) in [5, 5.41) is 5.98. The Kier molecular flexibility index (Phi) is 10.4. The SMILES string of the molecule is CCCC(C)NC(=O)C(c1cc(C)cc(C)c1)N(C(=O)C(NC(=O)OC(C)(C)C)C(C)CC)C1CC1. The summed E-state index contributed by atoms with van der Waals surface area (Å²) in [5.41, 5.74) is 2.20. The minimum atomic E-state index is -0.792. The van der Waals surface area contributed by atoms with Crippen LogP contribution in [0.25, 0.3) is 0 Å². The van der Waals surface area contributed by atoms with Gasteiger partial charge in [-0.1, -0.05) is 62.9 Å². The molecule has 0 spiro atoms. The number of carbonyl (C=O) groups excluding carboxylic acids is 3. The molecule has 1 saturated carbocycles. The second-order valence-electron chi connectivity index (χ2n) is 11.5. The van der Waals surface area contributed by atoms with Gasteiger partial charge in [0.05, 0.1) is 0 Å². The van der Waals surface area contributed by atoms with Crippen molar-refractivity contribution >= 4 is 17.9 Å². The Bertz CT molecular complexity index is 899. The lowest BCUT2D eigenvalue weighted by Gasteiger charge is -2.37. The number of hydrogen-bond donors (Lipinski definition) is 2. The first kappa shape index (κ1) is 29.7. The molecule has 1 aromatic carbocycles. The van der Waals surface area contributed by atoms with Gasteiger partial charge in [0.15, 0.2) is 0 Å². The zero-order valence-corrected chi connectivity index (χ0v) is 23.7. The number of hydrogen-bond acceptors (Lipinski definition) is 4. The summed E-state index contributed by atoms with van der Waals surface area (Å²) in [4.78, 5) is 42.4. The van der Waals surface area contributed by atoms with Crippen molar-refractivity contribution < 1.29 is 19.1 Å². The molecule has 7 heteroatoms. The lowest BCUT2D eigenvalue weighted by molar-refractivity contribution is -0.144. The van der Waals surface area contributed by atoms with Gasteiger partial charge in [-0.2, -0.15) is 0 Å². The summed E-state index contributed by atoms with van der Waals surface area (Å²) in [6, 6.07) is 4.44. The van der Waals surface area contributed by atoms with E-state index in [1.165, 1.54) is 0 Å². The molecule has 1 aliphatic carbocycles. The molecule has 0 heterocycles. The van der Waals surface area contributed by atoms with Crippen LogP contribution in [-0.4, -0.2) is 46.5 Å². The van der Waals surface area contributed by atoms with Crippen LogP contribution in [-0.2, 0) is 14.3 Å². The normalized spacial score (nSPS) is 16.9. The van der Waals surface area contributed by atoms with E-state index in [1.807, 2.05) is 46.8 Å². The Morgan fingerprint density at radius 1 is 1.03 bits per heavy atom. The van der Waals surface area contributed by atoms with Crippen LogP contribution < -0.4 is 10.6 Å². The number of amides is 3. The van der Waals surface area contributed by atoms with Crippen LogP contribution in [0, 0.1) is 19.8 Å². The van der Waals surface area contributed by atoms with E-state index in [4.69, 9.17) is 4.74 Å². The molecular formula is C29H47N3O4. The van der Waals surface area contributed by atoms with Crippen molar-refractivity contribution in [3.8, 4) is 0 Å². The lowest BCUT2D eigenvalue weighted by Crippen LogP contribution is -2.56. The first-order valence-corrected chi connectivity index (χ1v) is 13.5. The molecule has 0 aliphatic heterocycles. The predicted molar refractivity (Wildman–Crippen MR) is 144 cm³/mol. The number of rotatable bonds is 11. The van der Waals surface area contributed by atoms with Gasteiger partial charge in [0, 0.05) is 12.1 Å². The molecule has 202 valence electrons. The molecule has 0 radical (unpaired) electrons. The number of aryl methyl sites for hydroxylation is 2. The Hall–Kier alpha value is -2.57. The first-order chi connectivity index (χ1) is 16.8. The number of alkyl carbamates (subject to hydrolysis) is 1. The molecule has 3 amide bonds. The molecule has 4 atom stereocenters. The fourth-order valence-electron chi connectivity index (χ4n) is 4.58. The van der Waals surface area contributed by atoms with E-state index in [-0.39, 0.29) is 29.8 Å². The zero-order valence-electron chi connectivity index (χ0n) is 23.7. The second kappa shape index (κ2) is 12.6. The third-order valence-electron chi connectivity index (χ3n) is 6.54. The van der Waals surface area contributed by atoms with Crippen LogP contribution in [0.4, 0.5) is 4.79 Å². The number of ether oxygens (including phenoxy) is 1. The molecule has 0 saturated heterocycles. The highest BCUT2D eigenvalue weighted by atomic mass is 16.6. The highest BCUT2D eigenvalue weighted by molar-refractivity contribution is 5.93. The van der Waals surface area contributed by atoms with Crippen LogP contribution in [0.1, 0.15) is 103 Å². The van der Waals surface area contributed by atoms with Crippen molar-refractivity contribution in [1.29, 1.82) is 0 Å². The number of carbonyl (C=O) groups is 3. The van der Waals surface area contributed by atoms with Gasteiger partial charge in [-0.3, -0.25) is 9.59 Å². The quantitative estimate of drug-likeness (QED) is 0.414. The van der Waals surface area contributed by atoms with Gasteiger partial charge >= 0.3 is 6.09 Å². The van der Waals surface area contributed by atoms with Crippen LogP contribution in [0.3, 0.4) is 0 Å². The molecule has 1 aliphatic rings. The third kappa shape index (κ3) is 8.52. The number of nitrogens with zero attached hydrogens (tertiary/aromatic N) is 1. The Balaban J connectivity index is 2.50. The standard InChI is InChI=1S/C29H47N3O4/c1-10-12-21(6)30-26(33)25(22-16-18(3)15-19(4)17-22)32(23-13-14-23)27(34)24(20(5)11-2)31-28(35)36-29(7,8)9/h15-17,20-21,23-25H,10-14H2,1-9H3,(H,30,33)(H,31,35). The zero-order chi connectivity index (χ0) is 27.2. The van der Waals surface area contributed by atoms with E-state index in [0.717, 1.165) is 42.4 Å². The highest BCUT2D eigenvalue weighted by Crippen LogP contribution is 2.37. The van der Waals surface area contributed by atoms with Gasteiger partial charge in [-0.25, -0.2) is 4.79 Å². The van der Waals surface area contributed by atoms with Crippen molar-refractivity contribution in [2.45, 2.75) is 124 Å². The van der Waals surface area contributed by atoms with E-state index in [0.29, 0.717) is 6.42 Å². The van der Waals surface area contributed by atoms with Gasteiger partial charge in [0.25, 0.3) is 0 Å². The van der Waals surface area contributed by atoms with E-state index >= 15 is 0 Å². The lowest BCUT2D eigenvalue weighted by atomic mass is 9.94. The smallest absolute Gasteiger partial charge is 0.408 e. The number of nitrogens with one attached hydrogen (secondary N) is 2. The molecule has 0 aromatic heterocycles. The van der Waals surface area contributed by atoms with Crippen molar-refractivity contribution in [2.75, 3.05) is 0 Å². The minimum Gasteiger partial charge on any atom is -0.444 e. The summed E-state index contributed by atoms with van der Waals surface area (Å²) >= 11 is 0. The molecule has 36 heavy (non-hydrogen) atoms. The van der Waals surface area contributed by atoms with E-state index < -0.39 is 23.8 Å². The maximum atomic E-state index is 14.2. The van der Waals surface area contributed by atoms with Gasteiger partial charge in [-0.15, -0.1) is 0 Å². The van der Waals surface area contributed by atoms with Crippen molar-refractivity contribution in [1.82, 2.24) is 15.5 Å². The topological polar surface area (TPSA) is 87.7 Å². The molecule has 1 fully saturated rings.